The van der Waals surface area contributed by atoms with E-state index < -0.39 is 12.0 Å². The van der Waals surface area contributed by atoms with Crippen LogP contribution in [0.4, 0.5) is 0 Å². The minimum atomic E-state index is -0.828. The highest BCUT2D eigenvalue weighted by Gasteiger charge is 2.19. The Labute approximate surface area is 130 Å². The molecule has 0 aliphatic heterocycles. The van der Waals surface area contributed by atoms with E-state index in [4.69, 9.17) is 4.42 Å². The van der Waals surface area contributed by atoms with Crippen molar-refractivity contribution in [2.45, 2.75) is 44.7 Å². The fourth-order valence-corrected chi connectivity index (χ4v) is 3.15. The first-order valence-corrected chi connectivity index (χ1v) is 7.81. The first-order valence-electron chi connectivity index (χ1n) is 7.81. The molecule has 116 valence electrons. The zero-order valence-electron chi connectivity index (χ0n) is 12.5. The second-order valence-corrected chi connectivity index (χ2v) is 5.87. The van der Waals surface area contributed by atoms with Crippen molar-refractivity contribution >= 4 is 5.97 Å². The Kier molecular flexibility index (Phi) is 4.59. The summed E-state index contributed by atoms with van der Waals surface area (Å²) in [5.41, 5.74) is 4.96. The lowest BCUT2D eigenvalue weighted by molar-refractivity contribution is -0.139. The van der Waals surface area contributed by atoms with Crippen molar-refractivity contribution < 1.29 is 14.3 Å². The topological polar surface area (TPSA) is 62.5 Å². The number of nitrogens with one attached hydrogen (secondary N) is 1. The zero-order valence-corrected chi connectivity index (χ0v) is 12.5. The van der Waals surface area contributed by atoms with E-state index in [1.54, 1.807) is 12.5 Å². The van der Waals surface area contributed by atoms with E-state index in [0.29, 0.717) is 13.0 Å². The smallest absolute Gasteiger partial charge is 0.321 e. The average Bonchev–Trinajstić information content (AvgIpc) is 3.04. The Hall–Kier alpha value is -2.07. The van der Waals surface area contributed by atoms with Gasteiger partial charge in [0.15, 0.2) is 0 Å². The van der Waals surface area contributed by atoms with Crippen molar-refractivity contribution in [3.63, 3.8) is 0 Å². The van der Waals surface area contributed by atoms with E-state index in [0.717, 1.165) is 18.4 Å². The van der Waals surface area contributed by atoms with Crippen LogP contribution >= 0.6 is 0 Å². The summed E-state index contributed by atoms with van der Waals surface area (Å²) in [4.78, 5) is 11.4. The summed E-state index contributed by atoms with van der Waals surface area (Å²) in [6.07, 6.45) is 8.32. The van der Waals surface area contributed by atoms with Gasteiger partial charge in [0.25, 0.3) is 0 Å². The molecule has 0 saturated heterocycles. The van der Waals surface area contributed by atoms with E-state index in [-0.39, 0.29) is 0 Å². The molecule has 0 saturated carbocycles. The number of carboxylic acids is 1. The van der Waals surface area contributed by atoms with Gasteiger partial charge >= 0.3 is 5.97 Å². The minimum Gasteiger partial charge on any atom is -0.480 e. The third kappa shape index (κ3) is 3.39. The Bertz CT molecular complexity index is 634. The maximum Gasteiger partial charge on any atom is 0.321 e. The highest BCUT2D eigenvalue weighted by Crippen LogP contribution is 2.24. The predicted octanol–water partition coefficient (Wildman–Crippen LogP) is 2.94. The molecule has 3 rings (SSSR count). The molecule has 0 amide bonds. The molecule has 1 aliphatic rings. The number of hydrogen-bond donors (Lipinski definition) is 2. The summed E-state index contributed by atoms with van der Waals surface area (Å²) < 4.78 is 5.01. The monoisotopic (exact) mass is 299 g/mol. The quantitative estimate of drug-likeness (QED) is 0.861. The Balaban J connectivity index is 1.68. The maximum atomic E-state index is 11.4. The van der Waals surface area contributed by atoms with Crippen LogP contribution in [0.5, 0.6) is 0 Å². The zero-order chi connectivity index (χ0) is 15.4. The summed E-state index contributed by atoms with van der Waals surface area (Å²) in [6.45, 7) is 0.595. The molecule has 0 radical (unpaired) electrons. The predicted molar refractivity (Wildman–Crippen MR) is 83.8 cm³/mol. The molecule has 1 heterocycles. The van der Waals surface area contributed by atoms with Gasteiger partial charge < -0.3 is 14.8 Å². The van der Waals surface area contributed by atoms with Crippen LogP contribution in [0.3, 0.4) is 0 Å². The first-order chi connectivity index (χ1) is 10.7. The average molecular weight is 299 g/mol. The maximum absolute atomic E-state index is 11.4. The fourth-order valence-electron chi connectivity index (χ4n) is 3.15. The molecule has 4 heteroatoms. The van der Waals surface area contributed by atoms with Crippen molar-refractivity contribution in [2.75, 3.05) is 0 Å². The van der Waals surface area contributed by atoms with Crippen LogP contribution in [0, 0.1) is 0 Å². The number of furan rings is 1. The van der Waals surface area contributed by atoms with Crippen LogP contribution in [0.25, 0.3) is 0 Å². The molecule has 2 N–H and O–H groups in total. The van der Waals surface area contributed by atoms with Crippen molar-refractivity contribution in [2.24, 2.45) is 0 Å². The number of aliphatic carboxylic acids is 1. The minimum absolute atomic E-state index is 0.431. The summed E-state index contributed by atoms with van der Waals surface area (Å²) in [6, 6.07) is 7.58. The summed E-state index contributed by atoms with van der Waals surface area (Å²) in [7, 11) is 0. The van der Waals surface area contributed by atoms with Crippen LogP contribution in [0.2, 0.25) is 0 Å². The van der Waals surface area contributed by atoms with Crippen molar-refractivity contribution in [3.8, 4) is 0 Å². The lowest BCUT2D eigenvalue weighted by Crippen LogP contribution is -2.38. The van der Waals surface area contributed by atoms with E-state index in [9.17, 15) is 9.90 Å². The fraction of sp³-hybridized carbons (Fsp3) is 0.389. The van der Waals surface area contributed by atoms with Gasteiger partial charge in [-0.15, -0.1) is 0 Å². The second-order valence-electron chi connectivity index (χ2n) is 5.87. The van der Waals surface area contributed by atoms with Crippen molar-refractivity contribution in [1.29, 1.82) is 0 Å². The highest BCUT2D eigenvalue weighted by atomic mass is 16.4. The third-order valence-electron chi connectivity index (χ3n) is 4.35. The lowest BCUT2D eigenvalue weighted by atomic mass is 9.88. The van der Waals surface area contributed by atoms with E-state index in [1.165, 1.54) is 29.5 Å². The molecule has 2 aromatic rings. The van der Waals surface area contributed by atoms with Crippen LogP contribution < -0.4 is 5.32 Å². The Morgan fingerprint density at radius 3 is 2.91 bits per heavy atom. The van der Waals surface area contributed by atoms with E-state index in [2.05, 4.69) is 23.5 Å². The summed E-state index contributed by atoms with van der Waals surface area (Å²) in [5, 5.41) is 12.6. The van der Waals surface area contributed by atoms with Gasteiger partial charge in [0.2, 0.25) is 0 Å². The van der Waals surface area contributed by atoms with Crippen molar-refractivity contribution in [3.05, 3.63) is 59.0 Å². The Morgan fingerprint density at radius 2 is 2.14 bits per heavy atom. The number of aryl methyl sites for hydroxylation is 1. The normalized spacial score (nSPS) is 15.3. The molecule has 1 unspecified atom stereocenters. The standard InChI is InChI=1S/C18H21NO3/c20-18(21)17(10-13-8-9-22-12-13)19-11-15-6-3-5-14-4-1-2-7-16(14)15/h3,5-6,8-9,12,17,19H,1-2,4,7,10-11H2,(H,20,21). The molecule has 1 atom stereocenters. The van der Waals surface area contributed by atoms with Crippen LogP contribution in [0.1, 0.15) is 35.1 Å². The first kappa shape index (κ1) is 14.9. The number of fused-ring (bicyclic) bond motifs is 1. The molecule has 0 spiro atoms. The van der Waals surface area contributed by atoms with Crippen LogP contribution in [-0.4, -0.2) is 17.1 Å². The molecule has 4 nitrogen and oxygen atoms in total. The molecule has 1 aromatic carbocycles. The second kappa shape index (κ2) is 6.79. The highest BCUT2D eigenvalue weighted by molar-refractivity contribution is 5.73. The molecule has 1 aliphatic carbocycles. The van der Waals surface area contributed by atoms with Gasteiger partial charge in [-0.05, 0) is 54.0 Å². The SMILES string of the molecule is O=C(O)C(Cc1ccoc1)NCc1cccc2c1CCCC2. The molecular formula is C18H21NO3. The van der Waals surface area contributed by atoms with Gasteiger partial charge in [-0.2, -0.15) is 0 Å². The molecule has 0 bridgehead atoms. The van der Waals surface area contributed by atoms with Crippen LogP contribution in [-0.2, 0) is 30.6 Å². The summed E-state index contributed by atoms with van der Waals surface area (Å²) >= 11 is 0. The van der Waals surface area contributed by atoms with Gasteiger partial charge in [-0.1, -0.05) is 18.2 Å². The number of rotatable bonds is 6. The molecule has 0 fully saturated rings. The molecular weight excluding hydrogens is 278 g/mol. The van der Waals surface area contributed by atoms with Crippen LogP contribution in [0.15, 0.2) is 41.2 Å². The Morgan fingerprint density at radius 1 is 1.27 bits per heavy atom. The summed E-state index contributed by atoms with van der Waals surface area (Å²) in [5.74, 6) is -0.828. The largest absolute Gasteiger partial charge is 0.480 e. The van der Waals surface area contributed by atoms with Gasteiger partial charge in [0.1, 0.15) is 6.04 Å². The van der Waals surface area contributed by atoms with Crippen molar-refractivity contribution in [1.82, 2.24) is 5.32 Å². The van der Waals surface area contributed by atoms with Gasteiger partial charge in [0.05, 0.1) is 12.5 Å². The molecule has 1 aromatic heterocycles. The van der Waals surface area contributed by atoms with E-state index >= 15 is 0 Å². The van der Waals surface area contributed by atoms with Gasteiger partial charge in [-0.3, -0.25) is 4.79 Å². The number of carboxylic acid groups (broad SMARTS) is 1. The molecule has 22 heavy (non-hydrogen) atoms. The van der Waals surface area contributed by atoms with Gasteiger partial charge in [0, 0.05) is 13.0 Å². The number of hydrogen-bond acceptors (Lipinski definition) is 3. The third-order valence-corrected chi connectivity index (χ3v) is 4.35. The van der Waals surface area contributed by atoms with Gasteiger partial charge in [-0.25, -0.2) is 0 Å². The number of carbonyl (C=O) groups is 1. The number of benzene rings is 1. The van der Waals surface area contributed by atoms with E-state index in [1.807, 2.05) is 6.07 Å². The lowest BCUT2D eigenvalue weighted by Gasteiger charge is -2.21.